The lowest BCUT2D eigenvalue weighted by Gasteiger charge is -2.24. The normalized spacial score (nSPS) is 26.1. The molecule has 4 heterocycles. The first-order valence-corrected chi connectivity index (χ1v) is 8.63. The van der Waals surface area contributed by atoms with Crippen molar-refractivity contribution in [3.63, 3.8) is 0 Å². The van der Waals surface area contributed by atoms with Crippen LogP contribution in [0.15, 0.2) is 21.9 Å². The number of hydrogen-bond acceptors (Lipinski definition) is 5. The Morgan fingerprint density at radius 3 is 3.24 bits per heavy atom. The highest BCUT2D eigenvalue weighted by molar-refractivity contribution is 7.13. The molecule has 21 heavy (non-hydrogen) atoms. The first-order valence-electron chi connectivity index (χ1n) is 7.75. The summed E-state index contributed by atoms with van der Waals surface area (Å²) in [5.41, 5.74) is 1.09. The number of oxazole rings is 1. The number of thiophene rings is 1. The van der Waals surface area contributed by atoms with Crippen molar-refractivity contribution in [2.45, 2.75) is 32.4 Å². The maximum absolute atomic E-state index is 5.85. The SMILES string of the molecule is Cc1oc(-c2cccs2)nc1CN1CC2CCCNC2C1. The number of fused-ring (bicyclic) bond motifs is 1. The maximum Gasteiger partial charge on any atom is 0.236 e. The van der Waals surface area contributed by atoms with Gasteiger partial charge in [-0.1, -0.05) is 6.07 Å². The minimum Gasteiger partial charge on any atom is -0.440 e. The first-order chi connectivity index (χ1) is 10.3. The molecule has 0 radical (unpaired) electrons. The van der Waals surface area contributed by atoms with Crippen LogP contribution in [0.3, 0.4) is 0 Å². The van der Waals surface area contributed by atoms with Crippen molar-refractivity contribution in [3.05, 3.63) is 29.0 Å². The topological polar surface area (TPSA) is 41.3 Å². The number of aromatic nitrogens is 1. The van der Waals surface area contributed by atoms with Gasteiger partial charge in [0.05, 0.1) is 10.6 Å². The third kappa shape index (κ3) is 2.65. The molecule has 1 N–H and O–H groups in total. The van der Waals surface area contributed by atoms with Crippen molar-refractivity contribution >= 4 is 11.3 Å². The first kappa shape index (κ1) is 13.5. The molecule has 0 amide bonds. The van der Waals surface area contributed by atoms with Gasteiger partial charge in [0, 0.05) is 25.7 Å². The number of hydrogen-bond donors (Lipinski definition) is 1. The van der Waals surface area contributed by atoms with Gasteiger partial charge in [0.15, 0.2) is 0 Å². The largest absolute Gasteiger partial charge is 0.440 e. The fourth-order valence-electron chi connectivity index (χ4n) is 3.56. The molecule has 5 heteroatoms. The Morgan fingerprint density at radius 2 is 2.43 bits per heavy atom. The van der Waals surface area contributed by atoms with Crippen LogP contribution in [0.5, 0.6) is 0 Å². The van der Waals surface area contributed by atoms with Gasteiger partial charge >= 0.3 is 0 Å². The van der Waals surface area contributed by atoms with Crippen LogP contribution >= 0.6 is 11.3 Å². The molecule has 0 spiro atoms. The lowest BCUT2D eigenvalue weighted by atomic mass is 9.94. The van der Waals surface area contributed by atoms with E-state index in [2.05, 4.69) is 21.7 Å². The van der Waals surface area contributed by atoms with Crippen LogP contribution in [-0.2, 0) is 6.54 Å². The van der Waals surface area contributed by atoms with Crippen LogP contribution in [0, 0.1) is 12.8 Å². The second kappa shape index (κ2) is 5.55. The van der Waals surface area contributed by atoms with Gasteiger partial charge in [-0.3, -0.25) is 4.90 Å². The molecule has 4 nitrogen and oxygen atoms in total. The van der Waals surface area contributed by atoms with Crippen molar-refractivity contribution in [2.75, 3.05) is 19.6 Å². The Labute approximate surface area is 129 Å². The van der Waals surface area contributed by atoms with Crippen LogP contribution in [0.25, 0.3) is 10.8 Å². The quantitative estimate of drug-likeness (QED) is 0.946. The molecule has 2 aliphatic heterocycles. The summed E-state index contributed by atoms with van der Waals surface area (Å²) >= 11 is 1.68. The summed E-state index contributed by atoms with van der Waals surface area (Å²) in [6.07, 6.45) is 2.69. The van der Waals surface area contributed by atoms with Crippen LogP contribution < -0.4 is 5.32 Å². The van der Waals surface area contributed by atoms with Gasteiger partial charge in [0.1, 0.15) is 5.76 Å². The summed E-state index contributed by atoms with van der Waals surface area (Å²) in [6.45, 7) is 6.46. The molecule has 2 saturated heterocycles. The van der Waals surface area contributed by atoms with Crippen molar-refractivity contribution in [1.29, 1.82) is 0 Å². The van der Waals surface area contributed by atoms with Gasteiger partial charge < -0.3 is 9.73 Å². The standard InChI is InChI=1S/C16H21N3OS/c1-11-13(18-16(20-11)15-5-3-7-21-15)9-19-8-12-4-2-6-17-14(12)10-19/h3,5,7,12,14,17H,2,4,6,8-10H2,1H3. The third-order valence-corrected chi connectivity index (χ3v) is 5.53. The van der Waals surface area contributed by atoms with Crippen LogP contribution in [0.2, 0.25) is 0 Å². The molecule has 2 aromatic rings. The molecule has 0 bridgehead atoms. The van der Waals surface area contributed by atoms with E-state index in [4.69, 9.17) is 9.40 Å². The third-order valence-electron chi connectivity index (χ3n) is 4.67. The summed E-state index contributed by atoms with van der Waals surface area (Å²) in [5, 5.41) is 5.72. The van der Waals surface area contributed by atoms with Gasteiger partial charge in [-0.15, -0.1) is 11.3 Å². The highest BCUT2D eigenvalue weighted by Gasteiger charge is 2.34. The fourth-order valence-corrected chi connectivity index (χ4v) is 4.21. The smallest absolute Gasteiger partial charge is 0.236 e. The lowest BCUT2D eigenvalue weighted by molar-refractivity contribution is 0.308. The average molecular weight is 303 g/mol. The van der Waals surface area contributed by atoms with E-state index in [0.29, 0.717) is 6.04 Å². The number of likely N-dealkylation sites (tertiary alicyclic amines) is 1. The highest BCUT2D eigenvalue weighted by Crippen LogP contribution is 2.29. The molecule has 0 aliphatic carbocycles. The number of aryl methyl sites for hydroxylation is 1. The van der Waals surface area contributed by atoms with Gasteiger partial charge in [-0.05, 0) is 43.7 Å². The molecule has 2 aromatic heterocycles. The minimum absolute atomic E-state index is 0.683. The molecular weight excluding hydrogens is 282 g/mol. The zero-order valence-electron chi connectivity index (χ0n) is 12.3. The Bertz CT molecular complexity index is 593. The maximum atomic E-state index is 5.85. The zero-order valence-corrected chi connectivity index (χ0v) is 13.2. The number of piperidine rings is 1. The Morgan fingerprint density at radius 1 is 1.48 bits per heavy atom. The van der Waals surface area contributed by atoms with E-state index in [1.54, 1.807) is 11.3 Å². The van der Waals surface area contributed by atoms with Crippen molar-refractivity contribution in [3.8, 4) is 10.8 Å². The van der Waals surface area contributed by atoms with Crippen LogP contribution in [-0.4, -0.2) is 35.6 Å². The van der Waals surface area contributed by atoms with Gasteiger partial charge in [-0.25, -0.2) is 4.98 Å². The second-order valence-electron chi connectivity index (χ2n) is 6.16. The summed E-state index contributed by atoms with van der Waals surface area (Å²) in [5.74, 6) is 2.55. The molecule has 0 saturated carbocycles. The second-order valence-corrected chi connectivity index (χ2v) is 7.10. The van der Waals surface area contributed by atoms with Gasteiger partial charge in [0.2, 0.25) is 5.89 Å². The molecule has 4 rings (SSSR count). The monoisotopic (exact) mass is 303 g/mol. The van der Waals surface area contributed by atoms with E-state index in [1.165, 1.54) is 25.9 Å². The van der Waals surface area contributed by atoms with Crippen LogP contribution in [0.4, 0.5) is 0 Å². The Balaban J connectivity index is 1.48. The van der Waals surface area contributed by atoms with Crippen molar-refractivity contribution in [1.82, 2.24) is 15.2 Å². The zero-order chi connectivity index (χ0) is 14.2. The predicted octanol–water partition coefficient (Wildman–Crippen LogP) is 2.90. The summed E-state index contributed by atoms with van der Waals surface area (Å²) in [4.78, 5) is 8.35. The molecule has 112 valence electrons. The summed E-state index contributed by atoms with van der Waals surface area (Å²) < 4.78 is 5.85. The van der Waals surface area contributed by atoms with E-state index in [1.807, 2.05) is 13.0 Å². The number of nitrogens with one attached hydrogen (secondary N) is 1. The fraction of sp³-hybridized carbons (Fsp3) is 0.562. The summed E-state index contributed by atoms with van der Waals surface area (Å²) in [6, 6.07) is 4.78. The lowest BCUT2D eigenvalue weighted by Crippen LogP contribution is -2.40. The van der Waals surface area contributed by atoms with E-state index >= 15 is 0 Å². The Kier molecular flexibility index (Phi) is 3.57. The molecule has 2 atom stereocenters. The van der Waals surface area contributed by atoms with E-state index < -0.39 is 0 Å². The van der Waals surface area contributed by atoms with Gasteiger partial charge in [0.25, 0.3) is 0 Å². The van der Waals surface area contributed by atoms with E-state index in [-0.39, 0.29) is 0 Å². The molecule has 2 aliphatic rings. The highest BCUT2D eigenvalue weighted by atomic mass is 32.1. The molecule has 0 aromatic carbocycles. The average Bonchev–Trinajstić information content (AvgIpc) is 3.19. The predicted molar refractivity (Wildman–Crippen MR) is 84.3 cm³/mol. The molecule has 2 fully saturated rings. The Hall–Kier alpha value is -1.17. The van der Waals surface area contributed by atoms with Crippen molar-refractivity contribution in [2.24, 2.45) is 5.92 Å². The van der Waals surface area contributed by atoms with Crippen LogP contribution in [0.1, 0.15) is 24.3 Å². The van der Waals surface area contributed by atoms with E-state index in [9.17, 15) is 0 Å². The molecule has 2 unspecified atom stereocenters. The van der Waals surface area contributed by atoms with Gasteiger partial charge in [-0.2, -0.15) is 0 Å². The molecular formula is C16H21N3OS. The number of rotatable bonds is 3. The van der Waals surface area contributed by atoms with E-state index in [0.717, 1.165) is 41.2 Å². The summed E-state index contributed by atoms with van der Waals surface area (Å²) in [7, 11) is 0. The minimum atomic E-state index is 0.683. The number of nitrogens with zero attached hydrogens (tertiary/aromatic N) is 2. The van der Waals surface area contributed by atoms with Crippen molar-refractivity contribution < 1.29 is 4.42 Å².